The van der Waals surface area contributed by atoms with Crippen LogP contribution in [-0.2, 0) is 31.5 Å². The van der Waals surface area contributed by atoms with Crippen LogP contribution in [-0.4, -0.2) is 49.8 Å². The summed E-state index contributed by atoms with van der Waals surface area (Å²) in [5.41, 5.74) is 2.26. The van der Waals surface area contributed by atoms with E-state index < -0.39 is 14.7 Å². The number of amides is 2. The highest BCUT2D eigenvalue weighted by Gasteiger charge is 2.34. The fourth-order valence-corrected chi connectivity index (χ4v) is 4.94. The summed E-state index contributed by atoms with van der Waals surface area (Å²) in [5, 5.41) is 0. The van der Waals surface area contributed by atoms with Gasteiger partial charge in [0.1, 0.15) is 5.60 Å². The van der Waals surface area contributed by atoms with E-state index in [1.54, 1.807) is 9.80 Å². The van der Waals surface area contributed by atoms with Crippen molar-refractivity contribution in [3.8, 4) is 0 Å². The molecule has 9 heteroatoms. The van der Waals surface area contributed by atoms with E-state index in [0.717, 1.165) is 17.5 Å². The molecule has 2 aliphatic rings. The number of hydrogen-bond acceptors (Lipinski definition) is 5. The summed E-state index contributed by atoms with van der Waals surface area (Å²) >= 11 is 0. The number of carbonyl (C=O) groups excluding carboxylic acids is 2. The van der Waals surface area contributed by atoms with Crippen LogP contribution in [0.5, 0.6) is 0 Å². The van der Waals surface area contributed by atoms with E-state index in [2.05, 4.69) is 0 Å². The van der Waals surface area contributed by atoms with Crippen molar-refractivity contribution in [3.63, 3.8) is 0 Å². The van der Waals surface area contributed by atoms with Crippen molar-refractivity contribution in [2.75, 3.05) is 23.7 Å². The van der Waals surface area contributed by atoms with Crippen molar-refractivity contribution < 1.29 is 22.7 Å². The number of nitrogens with zero attached hydrogens (tertiary/aromatic N) is 2. The lowest BCUT2D eigenvalue weighted by Gasteiger charge is -2.32. The molecule has 7 nitrogen and oxygen atoms in total. The predicted octanol–water partition coefficient (Wildman–Crippen LogP) is 2.90. The molecule has 1 unspecified atom stereocenters. The zero-order valence-corrected chi connectivity index (χ0v) is 17.8. The van der Waals surface area contributed by atoms with E-state index in [1.165, 1.54) is 0 Å². The van der Waals surface area contributed by atoms with Gasteiger partial charge in [-0.3, -0.25) is 4.79 Å². The summed E-state index contributed by atoms with van der Waals surface area (Å²) in [7, 11) is 1.69. The summed E-state index contributed by atoms with van der Waals surface area (Å²) in [6.45, 7) is 6.81. The Bertz CT molecular complexity index is 894. The van der Waals surface area contributed by atoms with Crippen molar-refractivity contribution in [2.45, 2.75) is 45.8 Å². The highest BCUT2D eigenvalue weighted by molar-refractivity contribution is 8.13. The van der Waals surface area contributed by atoms with Crippen LogP contribution < -0.4 is 4.90 Å². The number of anilines is 1. The Labute approximate surface area is 170 Å². The average molecular weight is 429 g/mol. The molecule has 0 radical (unpaired) electrons. The first-order valence-electron chi connectivity index (χ1n) is 9.24. The summed E-state index contributed by atoms with van der Waals surface area (Å²) in [5.74, 6) is -0.650. The second-order valence-corrected chi connectivity index (χ2v) is 11.2. The van der Waals surface area contributed by atoms with Gasteiger partial charge in [0.05, 0.1) is 5.75 Å². The first kappa shape index (κ1) is 20.9. The molecule has 1 aromatic rings. The highest BCUT2D eigenvalue weighted by atomic mass is 35.7. The Balaban J connectivity index is 1.74. The van der Waals surface area contributed by atoms with Gasteiger partial charge in [0.15, 0.2) is 0 Å². The maximum absolute atomic E-state index is 12.4. The van der Waals surface area contributed by atoms with Crippen molar-refractivity contribution in [3.05, 3.63) is 29.3 Å². The molecule has 0 aliphatic carbocycles. The second-order valence-electron chi connectivity index (χ2n) is 8.38. The van der Waals surface area contributed by atoms with Gasteiger partial charge in [-0.1, -0.05) is 6.07 Å². The zero-order valence-electron chi connectivity index (χ0n) is 16.3. The zero-order chi connectivity index (χ0) is 20.7. The molecule has 1 atom stereocenters. The van der Waals surface area contributed by atoms with E-state index in [4.69, 9.17) is 15.4 Å². The standard InChI is InChI=1S/C19H25ClN2O5S/c1-19(2,3)27-18(24)21-7-6-14-4-5-16(9-15(14)11-21)22-10-13(8-17(22)23)12-28(20,25)26/h4-5,9,13H,6-8,10-12H2,1-3H3. The molecule has 0 saturated carbocycles. The van der Waals surface area contributed by atoms with Gasteiger partial charge >= 0.3 is 6.09 Å². The summed E-state index contributed by atoms with van der Waals surface area (Å²) in [6, 6.07) is 5.74. The Hall–Kier alpha value is -1.80. The molecule has 1 fully saturated rings. The third kappa shape index (κ3) is 5.17. The van der Waals surface area contributed by atoms with Crippen LogP contribution in [0.1, 0.15) is 38.3 Å². The number of fused-ring (bicyclic) bond motifs is 1. The third-order valence-corrected chi connectivity index (χ3v) is 6.05. The topological polar surface area (TPSA) is 84.0 Å². The molecule has 0 N–H and O–H groups in total. The maximum atomic E-state index is 12.4. The highest BCUT2D eigenvalue weighted by Crippen LogP contribution is 2.30. The van der Waals surface area contributed by atoms with E-state index in [1.807, 2.05) is 39.0 Å². The SMILES string of the molecule is CC(C)(C)OC(=O)N1CCc2ccc(N3CC(CS(=O)(=O)Cl)CC3=O)cc2C1. The molecule has 28 heavy (non-hydrogen) atoms. The van der Waals surface area contributed by atoms with Gasteiger partial charge in [0.2, 0.25) is 15.0 Å². The summed E-state index contributed by atoms with van der Waals surface area (Å²) < 4.78 is 28.1. The molecule has 2 heterocycles. The quantitative estimate of drug-likeness (QED) is 0.691. The van der Waals surface area contributed by atoms with Crippen molar-refractivity contribution >= 4 is 37.4 Å². The lowest BCUT2D eigenvalue weighted by atomic mass is 9.99. The fourth-order valence-electron chi connectivity index (χ4n) is 3.62. The number of carbonyl (C=O) groups is 2. The molecule has 2 amide bonds. The third-order valence-electron chi connectivity index (χ3n) is 4.81. The van der Waals surface area contributed by atoms with Crippen LogP contribution in [0.3, 0.4) is 0 Å². The molecule has 2 aliphatic heterocycles. The molecule has 0 spiro atoms. The number of rotatable bonds is 3. The minimum atomic E-state index is -3.65. The second kappa shape index (κ2) is 7.55. The lowest BCUT2D eigenvalue weighted by Crippen LogP contribution is -2.40. The van der Waals surface area contributed by atoms with Gasteiger partial charge in [-0.15, -0.1) is 0 Å². The van der Waals surface area contributed by atoms with Gasteiger partial charge in [0.25, 0.3) is 0 Å². The number of halogens is 1. The number of hydrogen-bond donors (Lipinski definition) is 0. The summed E-state index contributed by atoms with van der Waals surface area (Å²) in [4.78, 5) is 28.0. The smallest absolute Gasteiger partial charge is 0.410 e. The van der Waals surface area contributed by atoms with E-state index in [9.17, 15) is 18.0 Å². The van der Waals surface area contributed by atoms with E-state index in [0.29, 0.717) is 25.3 Å². The summed E-state index contributed by atoms with van der Waals surface area (Å²) in [6.07, 6.45) is 0.524. The Morgan fingerprint density at radius 1 is 1.29 bits per heavy atom. The predicted molar refractivity (Wildman–Crippen MR) is 107 cm³/mol. The molecule has 154 valence electrons. The van der Waals surface area contributed by atoms with Crippen molar-refractivity contribution in [2.24, 2.45) is 5.92 Å². The molecule has 3 rings (SSSR count). The molecule has 1 aromatic carbocycles. The van der Waals surface area contributed by atoms with Gasteiger partial charge in [-0.25, -0.2) is 13.2 Å². The first-order valence-corrected chi connectivity index (χ1v) is 11.7. The largest absolute Gasteiger partial charge is 0.444 e. The van der Waals surface area contributed by atoms with Crippen LogP contribution in [0.4, 0.5) is 10.5 Å². The normalized spacial score (nSPS) is 20.3. The minimum absolute atomic E-state index is 0.120. The van der Waals surface area contributed by atoms with Crippen LogP contribution in [0.15, 0.2) is 18.2 Å². The molecule has 0 aromatic heterocycles. The lowest BCUT2D eigenvalue weighted by molar-refractivity contribution is -0.117. The number of benzene rings is 1. The van der Waals surface area contributed by atoms with Gasteiger partial charge in [-0.05, 0) is 50.5 Å². The maximum Gasteiger partial charge on any atom is 0.410 e. The van der Waals surface area contributed by atoms with Crippen LogP contribution in [0, 0.1) is 5.92 Å². The number of ether oxygens (including phenoxy) is 1. The van der Waals surface area contributed by atoms with Crippen LogP contribution >= 0.6 is 10.7 Å². The van der Waals surface area contributed by atoms with E-state index >= 15 is 0 Å². The monoisotopic (exact) mass is 428 g/mol. The first-order chi connectivity index (χ1) is 12.9. The molecule has 0 bridgehead atoms. The molecular formula is C19H25ClN2O5S. The van der Waals surface area contributed by atoms with Gasteiger partial charge in [0, 0.05) is 48.3 Å². The Morgan fingerprint density at radius 2 is 2.00 bits per heavy atom. The van der Waals surface area contributed by atoms with Crippen LogP contribution in [0.2, 0.25) is 0 Å². The Morgan fingerprint density at radius 3 is 2.64 bits per heavy atom. The van der Waals surface area contributed by atoms with E-state index in [-0.39, 0.29) is 30.1 Å². The van der Waals surface area contributed by atoms with Gasteiger partial charge in [-0.2, -0.15) is 0 Å². The molecule has 1 saturated heterocycles. The average Bonchev–Trinajstić information content (AvgIpc) is 2.90. The Kier molecular flexibility index (Phi) is 5.64. The van der Waals surface area contributed by atoms with Crippen molar-refractivity contribution in [1.82, 2.24) is 4.90 Å². The van der Waals surface area contributed by atoms with Gasteiger partial charge < -0.3 is 14.5 Å². The van der Waals surface area contributed by atoms with Crippen LogP contribution in [0.25, 0.3) is 0 Å². The fraction of sp³-hybridized carbons (Fsp3) is 0.579. The molecular weight excluding hydrogens is 404 g/mol. The minimum Gasteiger partial charge on any atom is -0.444 e. The van der Waals surface area contributed by atoms with Crippen molar-refractivity contribution in [1.29, 1.82) is 0 Å².